The molecule has 2 rings (SSSR count). The molecule has 2 aromatic rings. The summed E-state index contributed by atoms with van der Waals surface area (Å²) in [7, 11) is 0. The molecule has 0 saturated carbocycles. The number of rotatable bonds is 2. The first-order valence-electron chi connectivity index (χ1n) is 5.86. The van der Waals surface area contributed by atoms with E-state index in [1.54, 1.807) is 0 Å². The minimum atomic E-state index is -0.617. The van der Waals surface area contributed by atoms with Gasteiger partial charge in [0.15, 0.2) is 5.13 Å². The van der Waals surface area contributed by atoms with Crippen LogP contribution in [-0.2, 0) is 5.41 Å². The molecular formula is C13H13ClFN3OS. The number of carbonyl (C=O) groups excluding carboxylic acids is 1. The van der Waals surface area contributed by atoms with Crippen LogP contribution in [0.25, 0.3) is 0 Å². The zero-order valence-corrected chi connectivity index (χ0v) is 12.8. The van der Waals surface area contributed by atoms with Crippen molar-refractivity contribution >= 4 is 34.0 Å². The molecule has 0 saturated heterocycles. The monoisotopic (exact) mass is 313 g/mol. The number of hydrogen-bond acceptors (Lipinski definition) is 4. The minimum Gasteiger partial charge on any atom is -0.298 e. The second kappa shape index (κ2) is 5.46. The van der Waals surface area contributed by atoms with E-state index in [-0.39, 0.29) is 16.1 Å². The molecule has 1 N–H and O–H groups in total. The van der Waals surface area contributed by atoms with Crippen LogP contribution < -0.4 is 5.32 Å². The molecule has 0 unspecified atom stereocenters. The van der Waals surface area contributed by atoms with Crippen molar-refractivity contribution < 1.29 is 9.18 Å². The number of nitrogens with zero attached hydrogens (tertiary/aromatic N) is 2. The van der Waals surface area contributed by atoms with Gasteiger partial charge in [0.05, 0.1) is 17.5 Å². The molecule has 0 aliphatic rings. The lowest BCUT2D eigenvalue weighted by Crippen LogP contribution is -2.15. The molecule has 4 nitrogen and oxygen atoms in total. The van der Waals surface area contributed by atoms with Crippen LogP contribution in [0, 0.1) is 5.82 Å². The normalized spacial score (nSPS) is 11.4. The molecule has 0 aliphatic heterocycles. The van der Waals surface area contributed by atoms with Gasteiger partial charge in [-0.25, -0.2) is 14.4 Å². The van der Waals surface area contributed by atoms with Crippen LogP contribution in [0.1, 0.15) is 36.8 Å². The minimum absolute atomic E-state index is 0.0147. The van der Waals surface area contributed by atoms with E-state index in [2.05, 4.69) is 15.3 Å². The molecule has 106 valence electrons. The fourth-order valence-corrected chi connectivity index (χ4v) is 2.54. The van der Waals surface area contributed by atoms with E-state index in [0.29, 0.717) is 5.13 Å². The van der Waals surface area contributed by atoms with Gasteiger partial charge in [0.1, 0.15) is 11.0 Å². The third-order valence-corrected chi connectivity index (χ3v) is 3.60. The summed E-state index contributed by atoms with van der Waals surface area (Å²) in [6.07, 6.45) is 0.959. The predicted molar refractivity (Wildman–Crippen MR) is 78.0 cm³/mol. The van der Waals surface area contributed by atoms with E-state index in [4.69, 9.17) is 11.6 Å². The van der Waals surface area contributed by atoms with Gasteiger partial charge < -0.3 is 0 Å². The summed E-state index contributed by atoms with van der Waals surface area (Å²) < 4.78 is 13.1. The predicted octanol–water partition coefficient (Wildman–Crippen LogP) is 3.88. The molecule has 0 atom stereocenters. The Morgan fingerprint density at radius 1 is 1.45 bits per heavy atom. The summed E-state index contributed by atoms with van der Waals surface area (Å²) in [5.74, 6) is -1.15. The smallest absolute Gasteiger partial charge is 0.260 e. The topological polar surface area (TPSA) is 54.9 Å². The molecule has 0 aliphatic carbocycles. The Morgan fingerprint density at radius 3 is 2.75 bits per heavy atom. The van der Waals surface area contributed by atoms with Gasteiger partial charge in [-0.3, -0.25) is 10.1 Å². The second-order valence-electron chi connectivity index (χ2n) is 5.23. The van der Waals surface area contributed by atoms with Gasteiger partial charge in [-0.15, -0.1) is 11.3 Å². The molecule has 0 spiro atoms. The van der Waals surface area contributed by atoms with Crippen LogP contribution in [0.3, 0.4) is 0 Å². The molecule has 0 radical (unpaired) electrons. The maximum Gasteiger partial charge on any atom is 0.260 e. The second-order valence-corrected chi connectivity index (χ2v) is 6.45. The first kappa shape index (κ1) is 14.9. The van der Waals surface area contributed by atoms with E-state index in [9.17, 15) is 9.18 Å². The Hall–Kier alpha value is -1.53. The van der Waals surface area contributed by atoms with Gasteiger partial charge in [-0.1, -0.05) is 32.4 Å². The highest BCUT2D eigenvalue weighted by Crippen LogP contribution is 2.27. The molecule has 1 amide bonds. The largest absolute Gasteiger partial charge is 0.298 e. The van der Waals surface area contributed by atoms with Gasteiger partial charge in [0.2, 0.25) is 0 Å². The van der Waals surface area contributed by atoms with Crippen molar-refractivity contribution in [2.24, 2.45) is 0 Å². The lowest BCUT2D eigenvalue weighted by atomic mass is 9.93. The summed E-state index contributed by atoms with van der Waals surface area (Å²) in [4.78, 5) is 19.9. The van der Waals surface area contributed by atoms with E-state index >= 15 is 0 Å². The summed E-state index contributed by atoms with van der Waals surface area (Å²) in [5.41, 5.74) is 0.762. The van der Waals surface area contributed by atoms with Crippen LogP contribution in [0.5, 0.6) is 0 Å². The van der Waals surface area contributed by atoms with Gasteiger partial charge >= 0.3 is 0 Å². The summed E-state index contributed by atoms with van der Waals surface area (Å²) in [6, 6.07) is 1.04. The Morgan fingerprint density at radius 2 is 2.15 bits per heavy atom. The first-order valence-corrected chi connectivity index (χ1v) is 7.11. The summed E-state index contributed by atoms with van der Waals surface area (Å²) in [6.45, 7) is 6.09. The van der Waals surface area contributed by atoms with Gasteiger partial charge in [-0.05, 0) is 6.07 Å². The fraction of sp³-hybridized carbons (Fsp3) is 0.308. The average molecular weight is 314 g/mol. The maximum absolute atomic E-state index is 13.1. The molecule has 2 heterocycles. The van der Waals surface area contributed by atoms with E-state index in [1.807, 2.05) is 26.2 Å². The van der Waals surface area contributed by atoms with Crippen LogP contribution in [-0.4, -0.2) is 15.9 Å². The lowest BCUT2D eigenvalue weighted by molar-refractivity contribution is 0.102. The number of halogens is 2. The maximum atomic E-state index is 13.1. The van der Waals surface area contributed by atoms with Crippen LogP contribution in [0.2, 0.25) is 5.15 Å². The molecule has 20 heavy (non-hydrogen) atoms. The zero-order valence-electron chi connectivity index (χ0n) is 11.2. The third-order valence-electron chi connectivity index (χ3n) is 2.54. The zero-order chi connectivity index (χ0) is 14.9. The van der Waals surface area contributed by atoms with Crippen molar-refractivity contribution in [3.63, 3.8) is 0 Å². The van der Waals surface area contributed by atoms with Crippen LogP contribution in [0.15, 0.2) is 17.6 Å². The third kappa shape index (κ3) is 3.32. The number of aromatic nitrogens is 2. The Labute approximate surface area is 125 Å². The molecule has 0 aromatic carbocycles. The number of anilines is 1. The van der Waals surface area contributed by atoms with Crippen molar-refractivity contribution in [2.75, 3.05) is 5.32 Å². The summed E-state index contributed by atoms with van der Waals surface area (Å²) in [5, 5.41) is 4.87. The fourth-order valence-electron chi connectivity index (χ4n) is 1.42. The molecule has 2 aromatic heterocycles. The van der Waals surface area contributed by atoms with Gasteiger partial charge in [0.25, 0.3) is 5.91 Å². The van der Waals surface area contributed by atoms with Crippen LogP contribution >= 0.6 is 22.9 Å². The quantitative estimate of drug-likeness (QED) is 0.856. The molecule has 0 fully saturated rings. The Kier molecular flexibility index (Phi) is 4.06. The van der Waals surface area contributed by atoms with Crippen molar-refractivity contribution in [1.29, 1.82) is 0 Å². The molecular weight excluding hydrogens is 301 g/mol. The van der Waals surface area contributed by atoms with Crippen molar-refractivity contribution in [3.8, 4) is 0 Å². The summed E-state index contributed by atoms with van der Waals surface area (Å²) >= 11 is 7.09. The number of amides is 1. The van der Waals surface area contributed by atoms with Crippen LogP contribution in [0.4, 0.5) is 9.52 Å². The number of carbonyl (C=O) groups is 1. The van der Waals surface area contributed by atoms with E-state index in [1.165, 1.54) is 11.3 Å². The SMILES string of the molecule is CC(C)(C)c1csc(NC(=O)c2cc(F)cnc2Cl)n1. The number of nitrogens with one attached hydrogen (secondary N) is 1. The highest BCUT2D eigenvalue weighted by atomic mass is 35.5. The Balaban J connectivity index is 2.20. The lowest BCUT2D eigenvalue weighted by Gasteiger charge is -2.14. The standard InChI is InChI=1S/C13H13ClFN3OS/c1-13(2,3)9-6-20-12(17-9)18-11(19)8-4-7(15)5-16-10(8)14/h4-6H,1-3H3,(H,17,18,19). The number of thiazole rings is 1. The molecule has 7 heteroatoms. The molecule has 0 bridgehead atoms. The van der Waals surface area contributed by atoms with Crippen molar-refractivity contribution in [1.82, 2.24) is 9.97 Å². The number of pyridine rings is 1. The van der Waals surface area contributed by atoms with E-state index in [0.717, 1.165) is 18.0 Å². The van der Waals surface area contributed by atoms with E-state index < -0.39 is 11.7 Å². The van der Waals surface area contributed by atoms with Crippen molar-refractivity contribution in [2.45, 2.75) is 26.2 Å². The highest BCUT2D eigenvalue weighted by molar-refractivity contribution is 7.14. The van der Waals surface area contributed by atoms with Gasteiger partial charge in [-0.2, -0.15) is 0 Å². The Bertz CT molecular complexity index is 651. The number of hydrogen-bond donors (Lipinski definition) is 1. The highest BCUT2D eigenvalue weighted by Gasteiger charge is 2.19. The van der Waals surface area contributed by atoms with Gasteiger partial charge in [0, 0.05) is 10.8 Å². The van der Waals surface area contributed by atoms with Crippen molar-refractivity contribution in [3.05, 3.63) is 39.9 Å². The first-order chi connectivity index (χ1) is 9.27. The average Bonchev–Trinajstić information content (AvgIpc) is 2.80.